The molecule has 1 aliphatic heterocycles. The van der Waals surface area contributed by atoms with Gasteiger partial charge < -0.3 is 9.52 Å². The highest BCUT2D eigenvalue weighted by Crippen LogP contribution is 2.24. The molecule has 0 aliphatic carbocycles. The second-order valence-corrected chi connectivity index (χ2v) is 5.64. The predicted octanol–water partition coefficient (Wildman–Crippen LogP) is 2.81. The second kappa shape index (κ2) is 5.95. The van der Waals surface area contributed by atoms with Crippen LogP contribution in [0.2, 0.25) is 5.02 Å². The number of oxazole rings is 1. The van der Waals surface area contributed by atoms with Crippen LogP contribution < -0.4 is 0 Å². The van der Waals surface area contributed by atoms with Crippen LogP contribution in [-0.4, -0.2) is 34.7 Å². The molecule has 1 atom stereocenters. The summed E-state index contributed by atoms with van der Waals surface area (Å²) >= 11 is 5.98. The molecule has 1 unspecified atom stereocenters. The van der Waals surface area contributed by atoms with Gasteiger partial charge in [-0.1, -0.05) is 23.7 Å². The molecular weight excluding hydrogens is 276 g/mol. The van der Waals surface area contributed by atoms with E-state index in [4.69, 9.17) is 21.1 Å². The van der Waals surface area contributed by atoms with E-state index in [1.807, 2.05) is 24.3 Å². The monoisotopic (exact) mass is 292 g/mol. The third-order valence-electron chi connectivity index (χ3n) is 3.65. The lowest BCUT2D eigenvalue weighted by atomic mass is 10.1. The number of benzene rings is 1. The lowest BCUT2D eigenvalue weighted by Crippen LogP contribution is -2.21. The van der Waals surface area contributed by atoms with Crippen LogP contribution in [0.5, 0.6) is 0 Å². The molecule has 0 amide bonds. The number of aromatic nitrogens is 1. The number of aliphatic hydroxyl groups is 1. The van der Waals surface area contributed by atoms with E-state index in [9.17, 15) is 0 Å². The molecule has 1 N–H and O–H groups in total. The zero-order valence-corrected chi connectivity index (χ0v) is 11.9. The first-order valence-corrected chi connectivity index (χ1v) is 7.16. The number of nitrogens with zero attached hydrogens (tertiary/aromatic N) is 2. The SMILES string of the molecule is OCC1CCN(Cc2ncc(-c3cccc(Cl)c3)o2)C1. The summed E-state index contributed by atoms with van der Waals surface area (Å²) in [5.74, 6) is 1.83. The quantitative estimate of drug-likeness (QED) is 0.941. The summed E-state index contributed by atoms with van der Waals surface area (Å²) in [6.07, 6.45) is 2.78. The van der Waals surface area contributed by atoms with E-state index in [0.717, 1.165) is 30.8 Å². The van der Waals surface area contributed by atoms with Gasteiger partial charge in [0, 0.05) is 23.7 Å². The van der Waals surface area contributed by atoms with Crippen molar-refractivity contribution in [1.82, 2.24) is 9.88 Å². The van der Waals surface area contributed by atoms with Crippen molar-refractivity contribution in [3.05, 3.63) is 41.4 Å². The number of halogens is 1. The number of hydrogen-bond acceptors (Lipinski definition) is 4. The molecular formula is C15H17ClN2O2. The van der Waals surface area contributed by atoms with Gasteiger partial charge in [-0.05, 0) is 31.0 Å². The minimum atomic E-state index is 0.260. The van der Waals surface area contributed by atoms with Gasteiger partial charge in [0.15, 0.2) is 5.76 Å². The number of aliphatic hydroxyl groups excluding tert-OH is 1. The number of likely N-dealkylation sites (tertiary alicyclic amines) is 1. The van der Waals surface area contributed by atoms with Gasteiger partial charge in [-0.3, -0.25) is 4.90 Å². The van der Waals surface area contributed by atoms with Gasteiger partial charge >= 0.3 is 0 Å². The predicted molar refractivity (Wildman–Crippen MR) is 77.4 cm³/mol. The lowest BCUT2D eigenvalue weighted by Gasteiger charge is -2.12. The average molecular weight is 293 g/mol. The summed E-state index contributed by atoms with van der Waals surface area (Å²) < 4.78 is 5.78. The first kappa shape index (κ1) is 13.6. The van der Waals surface area contributed by atoms with Crippen LogP contribution in [0.3, 0.4) is 0 Å². The summed E-state index contributed by atoms with van der Waals surface area (Å²) in [6, 6.07) is 7.55. The van der Waals surface area contributed by atoms with Crippen LogP contribution in [0.4, 0.5) is 0 Å². The van der Waals surface area contributed by atoms with Gasteiger partial charge in [0.1, 0.15) is 0 Å². The maximum atomic E-state index is 9.15. The van der Waals surface area contributed by atoms with Gasteiger partial charge in [0.2, 0.25) is 5.89 Å². The topological polar surface area (TPSA) is 49.5 Å². The zero-order valence-electron chi connectivity index (χ0n) is 11.1. The highest BCUT2D eigenvalue weighted by atomic mass is 35.5. The average Bonchev–Trinajstić information content (AvgIpc) is 3.08. The molecule has 0 radical (unpaired) electrons. The minimum absolute atomic E-state index is 0.260. The Morgan fingerprint density at radius 2 is 2.35 bits per heavy atom. The molecule has 3 rings (SSSR count). The van der Waals surface area contributed by atoms with Crippen molar-refractivity contribution in [2.75, 3.05) is 19.7 Å². The Morgan fingerprint density at radius 1 is 1.45 bits per heavy atom. The fourth-order valence-corrected chi connectivity index (χ4v) is 2.75. The summed E-state index contributed by atoms with van der Waals surface area (Å²) in [5, 5.41) is 9.84. The van der Waals surface area contributed by atoms with Gasteiger partial charge in [0.05, 0.1) is 12.7 Å². The second-order valence-electron chi connectivity index (χ2n) is 5.20. The van der Waals surface area contributed by atoms with E-state index < -0.39 is 0 Å². The molecule has 1 fully saturated rings. The maximum absolute atomic E-state index is 9.15. The van der Waals surface area contributed by atoms with E-state index in [2.05, 4.69) is 9.88 Å². The first-order chi connectivity index (χ1) is 9.74. The normalized spacial score (nSPS) is 19.6. The van der Waals surface area contributed by atoms with Gasteiger partial charge in [0.25, 0.3) is 0 Å². The third-order valence-corrected chi connectivity index (χ3v) is 3.88. The molecule has 1 saturated heterocycles. The Kier molecular flexibility index (Phi) is 4.05. The Labute approximate surface area is 123 Å². The third kappa shape index (κ3) is 3.03. The molecule has 0 spiro atoms. The largest absolute Gasteiger partial charge is 0.439 e. The van der Waals surface area contributed by atoms with Crippen molar-refractivity contribution in [3.8, 4) is 11.3 Å². The van der Waals surface area contributed by atoms with Crippen molar-refractivity contribution in [1.29, 1.82) is 0 Å². The molecule has 0 bridgehead atoms. The standard InChI is InChI=1S/C15H17ClN2O2/c16-13-3-1-2-12(6-13)14-7-17-15(20-14)9-18-5-4-11(8-18)10-19/h1-3,6-7,11,19H,4-5,8-10H2. The molecule has 4 nitrogen and oxygen atoms in total. The molecule has 20 heavy (non-hydrogen) atoms. The highest BCUT2D eigenvalue weighted by Gasteiger charge is 2.23. The van der Waals surface area contributed by atoms with Gasteiger partial charge in [-0.15, -0.1) is 0 Å². The smallest absolute Gasteiger partial charge is 0.209 e. The summed E-state index contributed by atoms with van der Waals surface area (Å²) in [5.41, 5.74) is 0.936. The molecule has 1 aromatic heterocycles. The number of rotatable bonds is 4. The molecule has 1 aromatic carbocycles. The highest BCUT2D eigenvalue weighted by molar-refractivity contribution is 6.30. The van der Waals surface area contributed by atoms with Crippen molar-refractivity contribution in [3.63, 3.8) is 0 Å². The Balaban J connectivity index is 1.68. The molecule has 2 aromatic rings. The van der Waals surface area contributed by atoms with Crippen LogP contribution >= 0.6 is 11.6 Å². The Morgan fingerprint density at radius 3 is 3.10 bits per heavy atom. The molecule has 1 aliphatic rings. The Hall–Kier alpha value is -1.36. The van der Waals surface area contributed by atoms with Crippen LogP contribution in [0.15, 0.2) is 34.9 Å². The van der Waals surface area contributed by atoms with Crippen molar-refractivity contribution < 1.29 is 9.52 Å². The summed E-state index contributed by atoms with van der Waals surface area (Å²) in [6.45, 7) is 2.85. The van der Waals surface area contributed by atoms with E-state index >= 15 is 0 Å². The maximum Gasteiger partial charge on any atom is 0.209 e. The minimum Gasteiger partial charge on any atom is -0.439 e. The van der Waals surface area contributed by atoms with Crippen molar-refractivity contribution in [2.45, 2.75) is 13.0 Å². The van der Waals surface area contributed by atoms with Crippen LogP contribution in [-0.2, 0) is 6.54 Å². The van der Waals surface area contributed by atoms with E-state index in [-0.39, 0.29) is 6.61 Å². The van der Waals surface area contributed by atoms with Crippen LogP contribution in [0.1, 0.15) is 12.3 Å². The summed E-state index contributed by atoms with van der Waals surface area (Å²) in [4.78, 5) is 6.58. The molecule has 106 valence electrons. The van der Waals surface area contributed by atoms with E-state index in [1.54, 1.807) is 6.20 Å². The van der Waals surface area contributed by atoms with Crippen LogP contribution in [0, 0.1) is 5.92 Å². The first-order valence-electron chi connectivity index (χ1n) is 6.78. The molecule has 5 heteroatoms. The van der Waals surface area contributed by atoms with Gasteiger partial charge in [-0.2, -0.15) is 0 Å². The van der Waals surface area contributed by atoms with Crippen LogP contribution in [0.25, 0.3) is 11.3 Å². The van der Waals surface area contributed by atoms with Crippen molar-refractivity contribution in [2.24, 2.45) is 5.92 Å². The Bertz CT molecular complexity index is 585. The van der Waals surface area contributed by atoms with E-state index in [1.165, 1.54) is 0 Å². The fourth-order valence-electron chi connectivity index (χ4n) is 2.56. The van der Waals surface area contributed by atoms with Gasteiger partial charge in [-0.25, -0.2) is 4.98 Å². The van der Waals surface area contributed by atoms with E-state index in [0.29, 0.717) is 23.4 Å². The lowest BCUT2D eigenvalue weighted by molar-refractivity contribution is 0.215. The fraction of sp³-hybridized carbons (Fsp3) is 0.400. The summed E-state index contributed by atoms with van der Waals surface area (Å²) in [7, 11) is 0. The van der Waals surface area contributed by atoms with Crippen molar-refractivity contribution >= 4 is 11.6 Å². The zero-order chi connectivity index (χ0) is 13.9. The molecule has 0 saturated carbocycles. The number of hydrogen-bond donors (Lipinski definition) is 1. The molecule has 2 heterocycles.